The van der Waals surface area contributed by atoms with E-state index in [0.717, 1.165) is 11.3 Å². The molecule has 0 bridgehead atoms. The molecule has 0 aromatic heterocycles. The number of nitrogens with two attached hydrogens (primary N) is 1. The average molecular weight is 574 g/mol. The van der Waals surface area contributed by atoms with Crippen LogP contribution in [0.25, 0.3) is 11.1 Å². The molecule has 0 heterocycles. The van der Waals surface area contributed by atoms with Crippen molar-refractivity contribution in [2.45, 2.75) is 71.6 Å². The van der Waals surface area contributed by atoms with E-state index in [2.05, 4.69) is 60.6 Å². The van der Waals surface area contributed by atoms with Gasteiger partial charge in [0.2, 0.25) is 0 Å². The van der Waals surface area contributed by atoms with Crippen LogP contribution in [0.2, 0.25) is 0 Å². The SMILES string of the molecule is CCCCP(C(C)(C)C)C(C)(C)C.CS(=O)(=O)O.Nc1ccccc1-c1ccccc1.[Pd]. The van der Waals surface area contributed by atoms with Gasteiger partial charge in [-0.25, -0.2) is 0 Å². The predicted octanol–water partition coefficient (Wildman–Crippen LogP) is 7.30. The van der Waals surface area contributed by atoms with Gasteiger partial charge in [-0.05, 0) is 34.5 Å². The standard InChI is InChI=1S/C12H11N.C12H27P.CH4O3S.Pd/c13-12-9-5-4-8-11(12)10-6-2-1-3-7-10;1-8-9-10-13(11(2,3)4)12(5,6)7;1-5(2,3)4;/h1-9H,13H2;8-10H2,1-7H3;1H3,(H,2,3,4);. The summed E-state index contributed by atoms with van der Waals surface area (Å²) in [6.45, 7) is 16.7. The number of hydrogen-bond acceptors (Lipinski definition) is 3. The van der Waals surface area contributed by atoms with Crippen molar-refractivity contribution in [3.8, 4) is 11.1 Å². The van der Waals surface area contributed by atoms with Crippen molar-refractivity contribution in [2.75, 3.05) is 18.2 Å². The molecule has 0 unspecified atom stereocenters. The van der Waals surface area contributed by atoms with Crippen molar-refractivity contribution in [1.29, 1.82) is 0 Å². The normalized spacial score (nSPS) is 11.4. The van der Waals surface area contributed by atoms with E-state index in [1.807, 2.05) is 42.5 Å². The Morgan fingerprint density at radius 1 is 0.875 bits per heavy atom. The molecule has 2 aromatic carbocycles. The van der Waals surface area contributed by atoms with Crippen LogP contribution >= 0.6 is 7.92 Å². The number of benzene rings is 2. The van der Waals surface area contributed by atoms with Gasteiger partial charge in [0.15, 0.2) is 0 Å². The third-order valence-corrected chi connectivity index (χ3v) is 8.40. The molecule has 186 valence electrons. The third-order valence-electron chi connectivity index (χ3n) is 4.40. The maximum absolute atomic E-state index is 9.19. The van der Waals surface area contributed by atoms with E-state index in [9.17, 15) is 8.42 Å². The van der Waals surface area contributed by atoms with Crippen molar-refractivity contribution in [1.82, 2.24) is 0 Å². The summed E-state index contributed by atoms with van der Waals surface area (Å²) in [5.41, 5.74) is 8.95. The zero-order chi connectivity index (χ0) is 24.3. The maximum Gasteiger partial charge on any atom is 0.261 e. The minimum absolute atomic E-state index is 0. The third kappa shape index (κ3) is 15.9. The summed E-state index contributed by atoms with van der Waals surface area (Å²) >= 11 is 0. The molecule has 2 aromatic rings. The van der Waals surface area contributed by atoms with E-state index in [4.69, 9.17) is 10.3 Å². The largest absolute Gasteiger partial charge is 0.398 e. The molecule has 0 fully saturated rings. The van der Waals surface area contributed by atoms with Gasteiger partial charge < -0.3 is 5.73 Å². The fourth-order valence-electron chi connectivity index (χ4n) is 3.37. The first-order chi connectivity index (χ1) is 14.1. The maximum atomic E-state index is 9.19. The topological polar surface area (TPSA) is 80.4 Å². The van der Waals surface area contributed by atoms with Crippen LogP contribution in [0.1, 0.15) is 61.3 Å². The molecule has 32 heavy (non-hydrogen) atoms. The van der Waals surface area contributed by atoms with E-state index in [0.29, 0.717) is 16.6 Å². The summed E-state index contributed by atoms with van der Waals surface area (Å²) in [5, 5.41) is 1.03. The Morgan fingerprint density at radius 2 is 1.28 bits per heavy atom. The van der Waals surface area contributed by atoms with Gasteiger partial charge in [-0.3, -0.25) is 4.55 Å². The Balaban J connectivity index is 0. The van der Waals surface area contributed by atoms with Gasteiger partial charge in [0, 0.05) is 31.7 Å². The second-order valence-electron chi connectivity index (χ2n) is 9.53. The number of rotatable bonds is 4. The molecule has 0 spiro atoms. The van der Waals surface area contributed by atoms with E-state index < -0.39 is 10.1 Å². The molecule has 0 saturated carbocycles. The van der Waals surface area contributed by atoms with Gasteiger partial charge >= 0.3 is 0 Å². The summed E-state index contributed by atoms with van der Waals surface area (Å²) in [6, 6.07) is 18.1. The minimum atomic E-state index is -3.67. The zero-order valence-corrected chi connectivity index (χ0v) is 24.1. The van der Waals surface area contributed by atoms with Crippen LogP contribution in [0.5, 0.6) is 0 Å². The van der Waals surface area contributed by atoms with Crippen molar-refractivity contribution in [3.63, 3.8) is 0 Å². The molecular formula is C25H42NO3PPdS. The summed E-state index contributed by atoms with van der Waals surface area (Å²) in [6.07, 6.45) is 4.90. The van der Waals surface area contributed by atoms with Crippen molar-refractivity contribution >= 4 is 23.7 Å². The molecule has 0 radical (unpaired) electrons. The van der Waals surface area contributed by atoms with Crippen LogP contribution in [0.4, 0.5) is 5.69 Å². The quantitative estimate of drug-likeness (QED) is 0.174. The second kappa shape index (κ2) is 15.2. The van der Waals surface area contributed by atoms with Gasteiger partial charge in [0.05, 0.1) is 6.26 Å². The number of para-hydroxylation sites is 1. The van der Waals surface area contributed by atoms with E-state index in [1.165, 1.54) is 24.6 Å². The Morgan fingerprint density at radius 3 is 1.66 bits per heavy atom. The van der Waals surface area contributed by atoms with E-state index in [-0.39, 0.29) is 28.3 Å². The molecule has 0 saturated heterocycles. The average Bonchev–Trinajstić information content (AvgIpc) is 2.60. The van der Waals surface area contributed by atoms with Gasteiger partial charge in [0.25, 0.3) is 10.1 Å². The Labute approximate surface area is 211 Å². The van der Waals surface area contributed by atoms with E-state index >= 15 is 0 Å². The molecular weight excluding hydrogens is 532 g/mol. The molecule has 7 heteroatoms. The zero-order valence-electron chi connectivity index (χ0n) is 20.8. The first kappa shape index (κ1) is 33.4. The number of hydrogen-bond donors (Lipinski definition) is 2. The van der Waals surface area contributed by atoms with Crippen LogP contribution in [-0.4, -0.2) is 35.7 Å². The first-order valence-electron chi connectivity index (χ1n) is 10.7. The number of anilines is 1. The van der Waals surface area contributed by atoms with Crippen molar-refractivity contribution in [3.05, 3.63) is 54.6 Å². The minimum Gasteiger partial charge on any atom is -0.398 e. The van der Waals surface area contributed by atoms with Gasteiger partial charge in [-0.2, -0.15) is 8.42 Å². The van der Waals surface area contributed by atoms with Crippen LogP contribution in [0.15, 0.2) is 54.6 Å². The van der Waals surface area contributed by atoms with Crippen LogP contribution in [0.3, 0.4) is 0 Å². The molecule has 0 amide bonds. The predicted molar refractivity (Wildman–Crippen MR) is 140 cm³/mol. The molecule has 3 N–H and O–H groups in total. The van der Waals surface area contributed by atoms with Crippen LogP contribution in [-0.2, 0) is 30.5 Å². The molecule has 4 nitrogen and oxygen atoms in total. The van der Waals surface area contributed by atoms with Crippen molar-refractivity contribution < 1.29 is 33.4 Å². The summed E-state index contributed by atoms with van der Waals surface area (Å²) in [5.74, 6) is 0. The Bertz CT molecular complexity index is 839. The molecule has 0 aliphatic heterocycles. The van der Waals surface area contributed by atoms with Gasteiger partial charge in [-0.1, -0.05) is 111 Å². The smallest absolute Gasteiger partial charge is 0.261 e. The summed E-state index contributed by atoms with van der Waals surface area (Å²) in [4.78, 5) is 0. The van der Waals surface area contributed by atoms with Crippen molar-refractivity contribution in [2.24, 2.45) is 0 Å². The fraction of sp³-hybridized carbons (Fsp3) is 0.520. The van der Waals surface area contributed by atoms with Gasteiger partial charge in [0.1, 0.15) is 0 Å². The molecule has 2 rings (SSSR count). The Hall–Kier alpha value is -0.758. The van der Waals surface area contributed by atoms with Gasteiger partial charge in [-0.15, -0.1) is 0 Å². The molecule has 0 atom stereocenters. The number of unbranched alkanes of at least 4 members (excludes halogenated alkanes) is 1. The Kier molecular flexibility index (Phi) is 15.9. The van der Waals surface area contributed by atoms with Crippen LogP contribution in [0, 0.1) is 0 Å². The number of nitrogen functional groups attached to an aromatic ring is 1. The first-order valence-corrected chi connectivity index (χ1v) is 14.0. The molecule has 0 aliphatic carbocycles. The van der Waals surface area contributed by atoms with E-state index in [1.54, 1.807) is 0 Å². The monoisotopic (exact) mass is 573 g/mol. The fourth-order valence-corrected chi connectivity index (χ4v) is 7.36. The molecule has 0 aliphatic rings. The second-order valence-corrected chi connectivity index (χ2v) is 15.0. The van der Waals surface area contributed by atoms with Crippen LogP contribution < -0.4 is 5.73 Å². The summed E-state index contributed by atoms with van der Waals surface area (Å²) in [7, 11) is -3.52. The summed E-state index contributed by atoms with van der Waals surface area (Å²) < 4.78 is 25.9.